The second kappa shape index (κ2) is 4.55. The molecule has 2 aliphatic rings. The largest absolute Gasteiger partial charge is 0.508 e. The van der Waals surface area contributed by atoms with Gasteiger partial charge < -0.3 is 15.5 Å². The summed E-state index contributed by atoms with van der Waals surface area (Å²) in [6, 6.07) is 13.1. The number of aromatic hydroxyl groups is 2. The predicted octanol–water partition coefficient (Wildman–Crippen LogP) is 3.92. The van der Waals surface area contributed by atoms with Crippen molar-refractivity contribution in [2.75, 3.05) is 5.32 Å². The second-order valence-electron chi connectivity index (χ2n) is 5.81. The summed E-state index contributed by atoms with van der Waals surface area (Å²) in [6.07, 6.45) is 5.39. The van der Waals surface area contributed by atoms with E-state index in [4.69, 9.17) is 0 Å². The first-order chi connectivity index (χ1) is 10.2. The number of hydrogen-bond acceptors (Lipinski definition) is 3. The van der Waals surface area contributed by atoms with Crippen molar-refractivity contribution in [2.24, 2.45) is 5.92 Å². The quantitative estimate of drug-likeness (QED) is 0.547. The summed E-state index contributed by atoms with van der Waals surface area (Å²) in [6.45, 7) is 0. The summed E-state index contributed by atoms with van der Waals surface area (Å²) in [5, 5.41) is 23.5. The number of phenolic OH excluding ortho intramolecular Hbond substituents is 2. The number of benzene rings is 2. The van der Waals surface area contributed by atoms with Crippen molar-refractivity contribution in [2.45, 2.75) is 18.4 Å². The van der Waals surface area contributed by atoms with Crippen LogP contribution < -0.4 is 5.32 Å². The normalized spacial score (nSPS) is 26.0. The van der Waals surface area contributed by atoms with Crippen LogP contribution in [-0.2, 0) is 0 Å². The SMILES string of the molecule is Oc1ccc2c(c1)C1C=CCC1C(c1ccccc1O)N2. The van der Waals surface area contributed by atoms with E-state index in [0.717, 1.165) is 23.2 Å². The Morgan fingerprint density at radius 2 is 1.86 bits per heavy atom. The van der Waals surface area contributed by atoms with Crippen molar-refractivity contribution in [3.8, 4) is 11.5 Å². The second-order valence-corrected chi connectivity index (χ2v) is 5.81. The Labute approximate surface area is 123 Å². The lowest BCUT2D eigenvalue weighted by atomic mass is 9.77. The molecule has 21 heavy (non-hydrogen) atoms. The number of rotatable bonds is 1. The molecule has 1 heterocycles. The van der Waals surface area contributed by atoms with E-state index in [1.807, 2.05) is 30.3 Å². The number of para-hydroxylation sites is 1. The Balaban J connectivity index is 1.82. The van der Waals surface area contributed by atoms with Crippen molar-refractivity contribution < 1.29 is 10.2 Å². The van der Waals surface area contributed by atoms with Gasteiger partial charge in [-0.3, -0.25) is 0 Å². The highest BCUT2D eigenvalue weighted by atomic mass is 16.3. The number of allylic oxidation sites excluding steroid dienone is 2. The molecular formula is C18H17NO2. The Kier molecular flexibility index (Phi) is 2.67. The molecule has 2 aromatic rings. The fourth-order valence-corrected chi connectivity index (χ4v) is 3.64. The summed E-state index contributed by atoms with van der Waals surface area (Å²) in [5.74, 6) is 1.30. The number of anilines is 1. The van der Waals surface area contributed by atoms with Crippen molar-refractivity contribution >= 4 is 5.69 Å². The Morgan fingerprint density at radius 1 is 1.00 bits per heavy atom. The molecule has 0 saturated carbocycles. The van der Waals surface area contributed by atoms with Gasteiger partial charge >= 0.3 is 0 Å². The zero-order valence-electron chi connectivity index (χ0n) is 11.5. The third-order valence-corrected chi connectivity index (χ3v) is 4.62. The summed E-state index contributed by atoms with van der Waals surface area (Å²) in [5.41, 5.74) is 3.11. The van der Waals surface area contributed by atoms with E-state index in [-0.39, 0.29) is 12.0 Å². The molecule has 0 spiro atoms. The first-order valence-electron chi connectivity index (χ1n) is 7.28. The van der Waals surface area contributed by atoms with Gasteiger partial charge in [0, 0.05) is 17.2 Å². The Bertz CT molecular complexity index is 723. The molecule has 2 aromatic carbocycles. The molecule has 0 fully saturated rings. The number of nitrogens with one attached hydrogen (secondary N) is 1. The lowest BCUT2D eigenvalue weighted by Gasteiger charge is -2.37. The summed E-state index contributed by atoms with van der Waals surface area (Å²) < 4.78 is 0. The predicted molar refractivity (Wildman–Crippen MR) is 82.6 cm³/mol. The van der Waals surface area contributed by atoms with Crippen molar-refractivity contribution in [3.63, 3.8) is 0 Å². The van der Waals surface area contributed by atoms with Crippen molar-refractivity contribution in [1.29, 1.82) is 0 Å². The van der Waals surface area contributed by atoms with Gasteiger partial charge in [0.2, 0.25) is 0 Å². The molecule has 106 valence electrons. The molecule has 0 bridgehead atoms. The first kappa shape index (κ1) is 12.3. The monoisotopic (exact) mass is 279 g/mol. The smallest absolute Gasteiger partial charge is 0.120 e. The third-order valence-electron chi connectivity index (χ3n) is 4.62. The van der Waals surface area contributed by atoms with Crippen molar-refractivity contribution in [1.82, 2.24) is 0 Å². The van der Waals surface area contributed by atoms with E-state index >= 15 is 0 Å². The Morgan fingerprint density at radius 3 is 2.71 bits per heavy atom. The Hall–Kier alpha value is -2.42. The van der Waals surface area contributed by atoms with Crippen LogP contribution in [0.5, 0.6) is 11.5 Å². The molecule has 3 nitrogen and oxygen atoms in total. The molecular weight excluding hydrogens is 262 g/mol. The van der Waals surface area contributed by atoms with Gasteiger partial charge in [-0.25, -0.2) is 0 Å². The highest BCUT2D eigenvalue weighted by Gasteiger charge is 2.38. The van der Waals surface area contributed by atoms with Gasteiger partial charge in [0.15, 0.2) is 0 Å². The topological polar surface area (TPSA) is 52.5 Å². The van der Waals surface area contributed by atoms with E-state index in [2.05, 4.69) is 17.5 Å². The zero-order chi connectivity index (χ0) is 14.4. The van der Waals surface area contributed by atoms with Crippen LogP contribution in [0.1, 0.15) is 29.5 Å². The molecule has 0 amide bonds. The molecule has 3 unspecified atom stereocenters. The average molecular weight is 279 g/mol. The number of phenols is 2. The molecule has 1 aliphatic heterocycles. The summed E-state index contributed by atoms with van der Waals surface area (Å²) >= 11 is 0. The maximum absolute atomic E-state index is 10.2. The van der Waals surface area contributed by atoms with Crippen LogP contribution >= 0.6 is 0 Å². The van der Waals surface area contributed by atoms with Crippen LogP contribution in [0.25, 0.3) is 0 Å². The first-order valence-corrected chi connectivity index (χ1v) is 7.28. The molecule has 0 radical (unpaired) electrons. The lowest BCUT2D eigenvalue weighted by Crippen LogP contribution is -2.29. The molecule has 1 aliphatic carbocycles. The van der Waals surface area contributed by atoms with E-state index in [1.54, 1.807) is 12.1 Å². The maximum atomic E-state index is 10.2. The number of hydrogen-bond donors (Lipinski definition) is 3. The van der Waals surface area contributed by atoms with Crippen LogP contribution in [0.2, 0.25) is 0 Å². The molecule has 3 heteroatoms. The summed E-state index contributed by atoms with van der Waals surface area (Å²) in [7, 11) is 0. The van der Waals surface area contributed by atoms with Gasteiger partial charge in [-0.15, -0.1) is 0 Å². The lowest BCUT2D eigenvalue weighted by molar-refractivity contribution is 0.400. The van der Waals surface area contributed by atoms with Gasteiger partial charge in [0.05, 0.1) is 6.04 Å². The van der Waals surface area contributed by atoms with Crippen LogP contribution in [0.3, 0.4) is 0 Å². The zero-order valence-corrected chi connectivity index (χ0v) is 11.5. The van der Waals surface area contributed by atoms with E-state index in [1.165, 1.54) is 0 Å². The highest BCUT2D eigenvalue weighted by molar-refractivity contribution is 5.62. The standard InChI is InChI=1S/C18H17NO2/c20-11-8-9-16-15(10-11)12-5-3-6-13(12)18(19-16)14-4-1-2-7-17(14)21/h1-5,7-10,12-13,18-21H,6H2. The van der Waals surface area contributed by atoms with Gasteiger partial charge in [-0.05, 0) is 42.2 Å². The van der Waals surface area contributed by atoms with Crippen molar-refractivity contribution in [3.05, 3.63) is 65.7 Å². The fourth-order valence-electron chi connectivity index (χ4n) is 3.64. The molecule has 4 rings (SSSR count). The van der Waals surface area contributed by atoms with Crippen LogP contribution in [0.15, 0.2) is 54.6 Å². The molecule has 3 atom stereocenters. The minimum Gasteiger partial charge on any atom is -0.508 e. The van der Waals surface area contributed by atoms with E-state index in [9.17, 15) is 10.2 Å². The van der Waals surface area contributed by atoms with Gasteiger partial charge in [0.1, 0.15) is 11.5 Å². The number of fused-ring (bicyclic) bond motifs is 3. The minimum absolute atomic E-state index is 0.0863. The van der Waals surface area contributed by atoms with Crippen LogP contribution in [0.4, 0.5) is 5.69 Å². The van der Waals surface area contributed by atoms with Gasteiger partial charge in [0.25, 0.3) is 0 Å². The van der Waals surface area contributed by atoms with Crippen LogP contribution in [0, 0.1) is 5.92 Å². The van der Waals surface area contributed by atoms with Gasteiger partial charge in [-0.2, -0.15) is 0 Å². The molecule has 0 saturated heterocycles. The van der Waals surface area contributed by atoms with Crippen LogP contribution in [-0.4, -0.2) is 10.2 Å². The maximum Gasteiger partial charge on any atom is 0.120 e. The highest BCUT2D eigenvalue weighted by Crippen LogP contribution is 2.51. The van der Waals surface area contributed by atoms with Gasteiger partial charge in [-0.1, -0.05) is 30.4 Å². The average Bonchev–Trinajstić information content (AvgIpc) is 2.97. The summed E-state index contributed by atoms with van der Waals surface area (Å²) in [4.78, 5) is 0. The van der Waals surface area contributed by atoms with E-state index in [0.29, 0.717) is 17.4 Å². The molecule has 0 aromatic heterocycles. The van der Waals surface area contributed by atoms with E-state index < -0.39 is 0 Å². The third kappa shape index (κ3) is 1.88. The molecule has 3 N–H and O–H groups in total. The minimum atomic E-state index is 0.0863. The fraction of sp³-hybridized carbons (Fsp3) is 0.222.